The van der Waals surface area contributed by atoms with Gasteiger partial charge in [0.2, 0.25) is 0 Å². The van der Waals surface area contributed by atoms with Gasteiger partial charge in [-0.15, -0.1) is 0 Å². The maximum Gasteiger partial charge on any atom is 0.265 e. The molecule has 110 valence electrons. The molecule has 0 aromatic heterocycles. The first-order chi connectivity index (χ1) is 9.95. The third-order valence-corrected chi connectivity index (χ3v) is 3.21. The highest BCUT2D eigenvalue weighted by Crippen LogP contribution is 2.25. The zero-order chi connectivity index (χ0) is 15.4. The lowest BCUT2D eigenvalue weighted by molar-refractivity contribution is -0.122. The van der Waals surface area contributed by atoms with E-state index in [1.807, 2.05) is 0 Å². The largest absolute Gasteiger partial charge is 0.481 e. The van der Waals surface area contributed by atoms with Crippen LogP contribution in [0.3, 0.4) is 0 Å². The second-order valence-corrected chi connectivity index (χ2v) is 5.17. The van der Waals surface area contributed by atoms with Crippen molar-refractivity contribution in [2.45, 2.75) is 13.0 Å². The Morgan fingerprint density at radius 2 is 2.00 bits per heavy atom. The highest BCUT2D eigenvalue weighted by atomic mass is 35.5. The van der Waals surface area contributed by atoms with Crippen molar-refractivity contribution < 1.29 is 13.9 Å². The molecule has 1 N–H and O–H groups in total. The van der Waals surface area contributed by atoms with E-state index in [0.717, 1.165) is 0 Å². The van der Waals surface area contributed by atoms with Crippen LogP contribution in [0.25, 0.3) is 0 Å². The molecular formula is C15H12Cl2FNO2. The molecule has 0 saturated heterocycles. The molecule has 1 atom stereocenters. The van der Waals surface area contributed by atoms with Crippen LogP contribution in [0.5, 0.6) is 5.75 Å². The maximum atomic E-state index is 13.0. The molecule has 2 aromatic rings. The lowest BCUT2D eigenvalue weighted by Crippen LogP contribution is -2.30. The van der Waals surface area contributed by atoms with Gasteiger partial charge < -0.3 is 10.1 Å². The Hall–Kier alpha value is -1.78. The van der Waals surface area contributed by atoms with E-state index in [0.29, 0.717) is 15.7 Å². The molecule has 0 aliphatic heterocycles. The number of rotatable bonds is 4. The summed E-state index contributed by atoms with van der Waals surface area (Å²) in [4.78, 5) is 12.0. The molecule has 0 bridgehead atoms. The minimum atomic E-state index is -0.807. The van der Waals surface area contributed by atoms with Gasteiger partial charge in [-0.1, -0.05) is 29.3 Å². The Morgan fingerprint density at radius 1 is 1.24 bits per heavy atom. The van der Waals surface area contributed by atoms with Crippen LogP contribution in [0.2, 0.25) is 10.0 Å². The summed E-state index contributed by atoms with van der Waals surface area (Å²) in [7, 11) is 0. The van der Waals surface area contributed by atoms with Gasteiger partial charge in [-0.2, -0.15) is 0 Å². The molecule has 0 aliphatic rings. The first-order valence-corrected chi connectivity index (χ1v) is 6.89. The standard InChI is InChI=1S/C15H12Cl2FNO2/c1-9(21-12-4-2-3-11(18)8-12)15(20)19-14-6-5-10(16)7-13(14)17/h2-9H,1H3,(H,19,20)/t9-/m0/s1. The number of carbonyl (C=O) groups is 1. The molecular weight excluding hydrogens is 316 g/mol. The topological polar surface area (TPSA) is 38.3 Å². The van der Waals surface area contributed by atoms with Gasteiger partial charge in [0.1, 0.15) is 11.6 Å². The maximum absolute atomic E-state index is 13.0. The van der Waals surface area contributed by atoms with Crippen molar-refractivity contribution in [1.82, 2.24) is 0 Å². The highest BCUT2D eigenvalue weighted by Gasteiger charge is 2.16. The monoisotopic (exact) mass is 327 g/mol. The van der Waals surface area contributed by atoms with Crippen LogP contribution in [-0.4, -0.2) is 12.0 Å². The normalized spacial score (nSPS) is 11.8. The molecule has 0 aliphatic carbocycles. The summed E-state index contributed by atoms with van der Waals surface area (Å²) in [5, 5.41) is 3.43. The summed E-state index contributed by atoms with van der Waals surface area (Å²) in [5.74, 6) is -0.552. The minimum absolute atomic E-state index is 0.278. The molecule has 2 aromatic carbocycles. The summed E-state index contributed by atoms with van der Waals surface area (Å²) < 4.78 is 18.4. The highest BCUT2D eigenvalue weighted by molar-refractivity contribution is 6.36. The van der Waals surface area contributed by atoms with E-state index in [-0.39, 0.29) is 5.75 Å². The van der Waals surface area contributed by atoms with E-state index in [1.54, 1.807) is 25.1 Å². The van der Waals surface area contributed by atoms with Crippen molar-refractivity contribution in [3.05, 3.63) is 58.3 Å². The van der Waals surface area contributed by atoms with Crippen molar-refractivity contribution >= 4 is 34.8 Å². The molecule has 0 spiro atoms. The molecule has 2 rings (SSSR count). The van der Waals surface area contributed by atoms with E-state index in [1.165, 1.54) is 24.3 Å². The zero-order valence-electron chi connectivity index (χ0n) is 11.1. The molecule has 0 heterocycles. The summed E-state index contributed by atoms with van der Waals surface area (Å²) >= 11 is 11.8. The van der Waals surface area contributed by atoms with Gasteiger partial charge in [0.25, 0.3) is 5.91 Å². The van der Waals surface area contributed by atoms with Crippen LogP contribution in [0.4, 0.5) is 10.1 Å². The van der Waals surface area contributed by atoms with Crippen molar-refractivity contribution in [2.75, 3.05) is 5.32 Å². The zero-order valence-corrected chi connectivity index (χ0v) is 12.6. The molecule has 0 fully saturated rings. The summed E-state index contributed by atoms with van der Waals surface area (Å²) in [5.41, 5.74) is 0.431. The third-order valence-electron chi connectivity index (χ3n) is 2.67. The fraction of sp³-hybridized carbons (Fsp3) is 0.133. The van der Waals surface area contributed by atoms with Gasteiger partial charge >= 0.3 is 0 Å². The Morgan fingerprint density at radius 3 is 2.67 bits per heavy atom. The van der Waals surface area contributed by atoms with Crippen molar-refractivity contribution in [1.29, 1.82) is 0 Å². The Bertz CT molecular complexity index is 664. The smallest absolute Gasteiger partial charge is 0.265 e. The van der Waals surface area contributed by atoms with Crippen LogP contribution in [-0.2, 0) is 4.79 Å². The predicted octanol–water partition coefficient (Wildman–Crippen LogP) is 4.54. The van der Waals surface area contributed by atoms with Crippen molar-refractivity contribution in [3.8, 4) is 5.75 Å². The predicted molar refractivity (Wildman–Crippen MR) is 81.6 cm³/mol. The Balaban J connectivity index is 2.02. The van der Waals surface area contributed by atoms with Crippen LogP contribution in [0.15, 0.2) is 42.5 Å². The number of benzene rings is 2. The average molecular weight is 328 g/mol. The lowest BCUT2D eigenvalue weighted by Gasteiger charge is -2.15. The SMILES string of the molecule is C[C@H](Oc1cccc(F)c1)C(=O)Nc1ccc(Cl)cc1Cl. The lowest BCUT2D eigenvalue weighted by atomic mass is 10.3. The van der Waals surface area contributed by atoms with Gasteiger partial charge in [0, 0.05) is 11.1 Å². The van der Waals surface area contributed by atoms with Gasteiger partial charge in [-0.05, 0) is 37.3 Å². The quantitative estimate of drug-likeness (QED) is 0.895. The van der Waals surface area contributed by atoms with E-state index < -0.39 is 17.8 Å². The number of hydrogen-bond acceptors (Lipinski definition) is 2. The number of anilines is 1. The van der Waals surface area contributed by atoms with Crippen LogP contribution < -0.4 is 10.1 Å². The van der Waals surface area contributed by atoms with Gasteiger partial charge in [0.15, 0.2) is 6.10 Å². The fourth-order valence-corrected chi connectivity index (χ4v) is 2.08. The van der Waals surface area contributed by atoms with E-state index in [2.05, 4.69) is 5.32 Å². The van der Waals surface area contributed by atoms with Crippen LogP contribution in [0, 0.1) is 5.82 Å². The van der Waals surface area contributed by atoms with Crippen LogP contribution in [0.1, 0.15) is 6.92 Å². The van der Waals surface area contributed by atoms with Crippen molar-refractivity contribution in [2.24, 2.45) is 0 Å². The molecule has 3 nitrogen and oxygen atoms in total. The number of ether oxygens (including phenoxy) is 1. The molecule has 0 saturated carbocycles. The molecule has 0 unspecified atom stereocenters. The Labute approximate surface area is 131 Å². The average Bonchev–Trinajstić information content (AvgIpc) is 2.41. The molecule has 0 radical (unpaired) electrons. The fourth-order valence-electron chi connectivity index (χ4n) is 1.62. The van der Waals surface area contributed by atoms with E-state index >= 15 is 0 Å². The van der Waals surface area contributed by atoms with E-state index in [4.69, 9.17) is 27.9 Å². The first kappa shape index (κ1) is 15.6. The number of halogens is 3. The van der Waals surface area contributed by atoms with Gasteiger partial charge in [-0.3, -0.25) is 4.79 Å². The number of amides is 1. The van der Waals surface area contributed by atoms with Gasteiger partial charge in [-0.25, -0.2) is 4.39 Å². The molecule has 21 heavy (non-hydrogen) atoms. The van der Waals surface area contributed by atoms with Gasteiger partial charge in [0.05, 0.1) is 10.7 Å². The van der Waals surface area contributed by atoms with Crippen molar-refractivity contribution in [3.63, 3.8) is 0 Å². The number of hydrogen-bond donors (Lipinski definition) is 1. The van der Waals surface area contributed by atoms with Crippen LogP contribution >= 0.6 is 23.2 Å². The second-order valence-electron chi connectivity index (χ2n) is 4.33. The summed E-state index contributed by atoms with van der Waals surface area (Å²) in [6.45, 7) is 1.56. The van der Waals surface area contributed by atoms with E-state index in [9.17, 15) is 9.18 Å². The number of carbonyl (C=O) groups excluding carboxylic acids is 1. The second kappa shape index (κ2) is 6.78. The molecule has 6 heteroatoms. The minimum Gasteiger partial charge on any atom is -0.481 e. The number of nitrogens with one attached hydrogen (secondary N) is 1. The molecule has 1 amide bonds. The summed E-state index contributed by atoms with van der Waals surface area (Å²) in [6.07, 6.45) is -0.807. The third kappa shape index (κ3) is 4.34. The Kier molecular flexibility index (Phi) is 5.04. The summed E-state index contributed by atoms with van der Waals surface area (Å²) in [6, 6.07) is 10.3. The first-order valence-electron chi connectivity index (χ1n) is 6.14.